The molecular formula is C24H40O5. The zero-order valence-electron chi connectivity index (χ0n) is 18.5. The van der Waals surface area contributed by atoms with Gasteiger partial charge in [-0.2, -0.15) is 0 Å². The highest BCUT2D eigenvalue weighted by Gasteiger charge is 2.41. The Hall–Kier alpha value is -1.17. The lowest BCUT2D eigenvalue weighted by atomic mass is 9.65. The fourth-order valence-electron chi connectivity index (χ4n) is 4.74. The van der Waals surface area contributed by atoms with E-state index in [0.717, 1.165) is 19.3 Å². The highest BCUT2D eigenvalue weighted by molar-refractivity contribution is 5.72. The fraction of sp³-hybridized carbons (Fsp3) is 0.792. The number of aliphatic hydroxyl groups excluding tert-OH is 3. The predicted octanol–water partition coefficient (Wildman–Crippen LogP) is 3.62. The van der Waals surface area contributed by atoms with E-state index >= 15 is 0 Å². The van der Waals surface area contributed by atoms with E-state index in [0.29, 0.717) is 24.7 Å². The van der Waals surface area contributed by atoms with Gasteiger partial charge in [-0.15, -0.1) is 0 Å². The summed E-state index contributed by atoms with van der Waals surface area (Å²) in [5.74, 6) is 0.953. The van der Waals surface area contributed by atoms with Crippen LogP contribution in [0.25, 0.3) is 0 Å². The van der Waals surface area contributed by atoms with Gasteiger partial charge in [0.25, 0.3) is 0 Å². The summed E-state index contributed by atoms with van der Waals surface area (Å²) in [6, 6.07) is 0. The molecule has 0 saturated heterocycles. The van der Waals surface area contributed by atoms with E-state index in [9.17, 15) is 15.0 Å². The summed E-state index contributed by atoms with van der Waals surface area (Å²) in [6.45, 7) is 8.20. The number of hydrogen-bond donors (Lipinski definition) is 3. The highest BCUT2D eigenvalue weighted by Crippen LogP contribution is 2.45. The Balaban J connectivity index is 2.10. The molecule has 0 amide bonds. The third-order valence-electron chi connectivity index (χ3n) is 6.72. The van der Waals surface area contributed by atoms with Crippen LogP contribution in [0.5, 0.6) is 0 Å². The zero-order chi connectivity index (χ0) is 21.6. The smallest absolute Gasteiger partial charge is 0.308 e. The van der Waals surface area contributed by atoms with Gasteiger partial charge in [0.05, 0.1) is 18.1 Å². The van der Waals surface area contributed by atoms with Gasteiger partial charge in [-0.1, -0.05) is 45.9 Å². The van der Waals surface area contributed by atoms with Crippen LogP contribution in [0.1, 0.15) is 66.2 Å². The van der Waals surface area contributed by atoms with Crippen LogP contribution in [0, 0.1) is 29.6 Å². The van der Waals surface area contributed by atoms with E-state index in [1.54, 1.807) is 0 Å². The van der Waals surface area contributed by atoms with E-state index in [1.807, 2.05) is 13.8 Å². The van der Waals surface area contributed by atoms with E-state index in [1.165, 1.54) is 5.57 Å². The molecule has 0 aromatic rings. The second kappa shape index (κ2) is 11.3. The van der Waals surface area contributed by atoms with Crippen molar-refractivity contribution in [3.63, 3.8) is 0 Å². The number of hydrogen-bond acceptors (Lipinski definition) is 5. The van der Waals surface area contributed by atoms with Crippen molar-refractivity contribution in [3.8, 4) is 0 Å². The van der Waals surface area contributed by atoms with Crippen LogP contribution < -0.4 is 0 Å². The van der Waals surface area contributed by atoms with Crippen molar-refractivity contribution in [1.82, 2.24) is 0 Å². The van der Waals surface area contributed by atoms with Crippen LogP contribution in [0.4, 0.5) is 0 Å². The summed E-state index contributed by atoms with van der Waals surface area (Å²) in [6.07, 6.45) is 8.92. The molecule has 0 spiro atoms. The first-order chi connectivity index (χ1) is 13.8. The van der Waals surface area contributed by atoms with Crippen molar-refractivity contribution in [2.75, 3.05) is 6.61 Å². The summed E-state index contributed by atoms with van der Waals surface area (Å²) >= 11 is 0. The Morgan fingerprint density at radius 3 is 2.59 bits per heavy atom. The zero-order valence-corrected chi connectivity index (χ0v) is 18.5. The maximum absolute atomic E-state index is 12.5. The number of carbonyl (C=O) groups is 1. The van der Waals surface area contributed by atoms with Gasteiger partial charge in [0.1, 0.15) is 6.10 Å². The monoisotopic (exact) mass is 408 g/mol. The number of allylic oxidation sites excluding steroid dienone is 3. The minimum atomic E-state index is -0.672. The quantitative estimate of drug-likeness (QED) is 0.481. The van der Waals surface area contributed by atoms with E-state index < -0.39 is 12.2 Å². The van der Waals surface area contributed by atoms with Crippen LogP contribution in [0.2, 0.25) is 0 Å². The highest BCUT2D eigenvalue weighted by atomic mass is 16.5. The maximum Gasteiger partial charge on any atom is 0.308 e. The Bertz CT molecular complexity index is 584. The lowest BCUT2D eigenvalue weighted by molar-refractivity contribution is -0.158. The van der Waals surface area contributed by atoms with Crippen molar-refractivity contribution in [2.24, 2.45) is 29.6 Å². The molecule has 0 heterocycles. The third kappa shape index (κ3) is 6.66. The normalized spacial score (nSPS) is 32.1. The fourth-order valence-corrected chi connectivity index (χ4v) is 4.74. The summed E-state index contributed by atoms with van der Waals surface area (Å²) in [5.41, 5.74) is 1.25. The Labute approximate surface area is 175 Å². The summed E-state index contributed by atoms with van der Waals surface area (Å²) in [7, 11) is 0. The molecule has 166 valence electrons. The van der Waals surface area contributed by atoms with E-state index in [-0.39, 0.29) is 42.9 Å². The first-order valence-corrected chi connectivity index (χ1v) is 11.3. The molecule has 5 heteroatoms. The topological polar surface area (TPSA) is 87.0 Å². The Kier molecular flexibility index (Phi) is 9.38. The third-order valence-corrected chi connectivity index (χ3v) is 6.72. The molecule has 0 saturated carbocycles. The molecule has 0 fully saturated rings. The number of aliphatic hydroxyl groups is 3. The average molecular weight is 409 g/mol. The van der Waals surface area contributed by atoms with Crippen LogP contribution >= 0.6 is 0 Å². The van der Waals surface area contributed by atoms with Gasteiger partial charge < -0.3 is 20.1 Å². The lowest BCUT2D eigenvalue weighted by Gasteiger charge is -2.43. The molecule has 0 aliphatic heterocycles. The molecule has 29 heavy (non-hydrogen) atoms. The molecule has 3 N–H and O–H groups in total. The first-order valence-electron chi connectivity index (χ1n) is 11.3. The van der Waals surface area contributed by atoms with Crippen LogP contribution in [0.15, 0.2) is 23.8 Å². The Morgan fingerprint density at radius 2 is 1.93 bits per heavy atom. The number of esters is 1. The van der Waals surface area contributed by atoms with Crippen LogP contribution in [-0.2, 0) is 9.53 Å². The predicted molar refractivity (Wildman–Crippen MR) is 114 cm³/mol. The number of fused-ring (bicyclic) bond motifs is 1. The van der Waals surface area contributed by atoms with Gasteiger partial charge in [0, 0.05) is 12.5 Å². The molecule has 8 atom stereocenters. The molecule has 0 aromatic carbocycles. The minimum absolute atomic E-state index is 0.0734. The molecule has 0 radical (unpaired) electrons. The standard InChI is InChI=1S/C24H40O5/c1-5-16(3)24(28)29-22-13-15(2)12-18-7-6-17(4)21(23(18)22)9-8-19(26)14-20(27)10-11-25/h6-7,12,15-17,19-23,25-27H,5,8-11,13-14H2,1-4H3/t15?,16-,17-,19?,20-,21-,22-,23?/m0/s1. The summed E-state index contributed by atoms with van der Waals surface area (Å²) in [4.78, 5) is 12.5. The second-order valence-electron chi connectivity index (χ2n) is 9.21. The maximum atomic E-state index is 12.5. The molecule has 2 rings (SSSR count). The molecule has 0 bridgehead atoms. The van der Waals surface area contributed by atoms with Crippen LogP contribution in [-0.4, -0.2) is 46.2 Å². The largest absolute Gasteiger partial charge is 0.461 e. The van der Waals surface area contributed by atoms with Crippen molar-refractivity contribution in [3.05, 3.63) is 23.8 Å². The molecular weight excluding hydrogens is 368 g/mol. The number of carbonyl (C=O) groups excluding carboxylic acids is 1. The molecule has 2 aliphatic rings. The van der Waals surface area contributed by atoms with Gasteiger partial charge in [0.15, 0.2) is 0 Å². The van der Waals surface area contributed by atoms with Gasteiger partial charge in [-0.05, 0) is 61.9 Å². The van der Waals surface area contributed by atoms with Gasteiger partial charge in [-0.3, -0.25) is 4.79 Å². The number of ether oxygens (including phenoxy) is 1. The molecule has 0 aromatic heterocycles. The van der Waals surface area contributed by atoms with Gasteiger partial charge in [0.2, 0.25) is 0 Å². The molecule has 5 nitrogen and oxygen atoms in total. The lowest BCUT2D eigenvalue weighted by Crippen LogP contribution is -2.41. The van der Waals surface area contributed by atoms with Crippen molar-refractivity contribution < 1.29 is 24.9 Å². The molecule has 3 unspecified atom stereocenters. The second-order valence-corrected chi connectivity index (χ2v) is 9.21. The van der Waals surface area contributed by atoms with E-state index in [4.69, 9.17) is 9.84 Å². The SMILES string of the molecule is CC[C@H](C)C(=O)O[C@H]1CC(C)C=C2C=C[C@H](C)[C@H](CCC(O)C[C@@H](O)CCO)C21. The van der Waals surface area contributed by atoms with Crippen molar-refractivity contribution in [2.45, 2.75) is 84.5 Å². The van der Waals surface area contributed by atoms with Gasteiger partial charge in [-0.25, -0.2) is 0 Å². The van der Waals surface area contributed by atoms with Crippen LogP contribution in [0.3, 0.4) is 0 Å². The number of rotatable bonds is 10. The van der Waals surface area contributed by atoms with Gasteiger partial charge >= 0.3 is 5.97 Å². The van der Waals surface area contributed by atoms with Crippen molar-refractivity contribution >= 4 is 5.97 Å². The summed E-state index contributed by atoms with van der Waals surface area (Å²) < 4.78 is 6.02. The Morgan fingerprint density at radius 1 is 1.24 bits per heavy atom. The summed E-state index contributed by atoms with van der Waals surface area (Å²) in [5, 5.41) is 29.1. The average Bonchev–Trinajstić information content (AvgIpc) is 2.66. The minimum Gasteiger partial charge on any atom is -0.461 e. The van der Waals surface area contributed by atoms with Crippen molar-refractivity contribution in [1.29, 1.82) is 0 Å². The molecule has 2 aliphatic carbocycles. The van der Waals surface area contributed by atoms with E-state index in [2.05, 4.69) is 32.1 Å². The first kappa shape index (κ1) is 24.1.